The Hall–Kier alpha value is -3.46. The number of esters is 1. The maximum Gasteiger partial charge on any atom is 0.337 e. The van der Waals surface area contributed by atoms with Crippen molar-refractivity contribution in [1.29, 1.82) is 0 Å². The van der Waals surface area contributed by atoms with Crippen LogP contribution in [0.25, 0.3) is 0 Å². The Balaban J connectivity index is 1.56. The summed E-state index contributed by atoms with van der Waals surface area (Å²) in [5.41, 5.74) is 1.08. The molecule has 4 rings (SSSR count). The van der Waals surface area contributed by atoms with E-state index in [9.17, 15) is 14.0 Å². The normalized spacial score (nSPS) is 15.5. The molecule has 0 saturated carbocycles. The van der Waals surface area contributed by atoms with Crippen molar-refractivity contribution in [3.63, 3.8) is 0 Å². The number of carbonyl (C=O) groups excluding carboxylic acids is 2. The lowest BCUT2D eigenvalue weighted by molar-refractivity contribution is 0.0600. The number of amides is 2. The highest BCUT2D eigenvalue weighted by Gasteiger charge is 2.34. The van der Waals surface area contributed by atoms with Crippen LogP contribution in [0.15, 0.2) is 42.5 Å². The van der Waals surface area contributed by atoms with E-state index < -0.39 is 17.8 Å². The number of likely N-dealkylation sites (tertiary alicyclic amines) is 1. The van der Waals surface area contributed by atoms with Crippen molar-refractivity contribution in [2.75, 3.05) is 19.0 Å². The van der Waals surface area contributed by atoms with Gasteiger partial charge in [0.05, 0.1) is 30.9 Å². The van der Waals surface area contributed by atoms with Crippen molar-refractivity contribution in [2.24, 2.45) is 0 Å². The first-order valence-corrected chi connectivity index (χ1v) is 10.8. The minimum atomic E-state index is -0.645. The standard InChI is InChI=1S/C23H23ClFN5O3/c1-14-27-28-21(30(14)13-15-5-8-17(24)9-6-15)20-4-3-11-29(20)23(32)26-19-12-16(22(31)33-2)7-10-18(19)25/h5-10,12,20H,3-4,11,13H2,1-2H3,(H,26,32)/t20-/m1/s1. The fraction of sp³-hybridized carbons (Fsp3) is 0.304. The Morgan fingerprint density at radius 3 is 2.70 bits per heavy atom. The number of carbonyl (C=O) groups is 2. The molecule has 1 aromatic heterocycles. The monoisotopic (exact) mass is 471 g/mol. The van der Waals surface area contributed by atoms with Gasteiger partial charge in [0, 0.05) is 11.6 Å². The maximum atomic E-state index is 14.3. The summed E-state index contributed by atoms with van der Waals surface area (Å²) in [4.78, 5) is 26.5. The van der Waals surface area contributed by atoms with Gasteiger partial charge in [0.25, 0.3) is 0 Å². The van der Waals surface area contributed by atoms with Gasteiger partial charge in [-0.1, -0.05) is 23.7 Å². The second-order valence-electron chi connectivity index (χ2n) is 7.79. The molecule has 1 saturated heterocycles. The average Bonchev–Trinajstić information content (AvgIpc) is 3.43. The number of benzene rings is 2. The Kier molecular flexibility index (Phi) is 6.60. The van der Waals surface area contributed by atoms with Crippen LogP contribution in [0.1, 0.15) is 46.5 Å². The molecule has 1 fully saturated rings. The van der Waals surface area contributed by atoms with E-state index in [2.05, 4.69) is 20.3 Å². The van der Waals surface area contributed by atoms with Gasteiger partial charge in [-0.2, -0.15) is 0 Å². The number of anilines is 1. The number of rotatable bonds is 5. The van der Waals surface area contributed by atoms with E-state index in [0.29, 0.717) is 30.4 Å². The Labute approximate surface area is 195 Å². The summed E-state index contributed by atoms with van der Waals surface area (Å²) in [7, 11) is 1.24. The second-order valence-corrected chi connectivity index (χ2v) is 8.22. The molecule has 33 heavy (non-hydrogen) atoms. The van der Waals surface area contributed by atoms with Crippen molar-refractivity contribution in [3.05, 3.63) is 76.1 Å². The van der Waals surface area contributed by atoms with E-state index in [1.165, 1.54) is 19.2 Å². The van der Waals surface area contributed by atoms with Crippen LogP contribution in [-0.4, -0.2) is 45.3 Å². The van der Waals surface area contributed by atoms with Crippen LogP contribution in [0.3, 0.4) is 0 Å². The van der Waals surface area contributed by atoms with Crippen molar-refractivity contribution < 1.29 is 18.7 Å². The van der Waals surface area contributed by atoms with E-state index in [4.69, 9.17) is 11.6 Å². The fourth-order valence-corrected chi connectivity index (χ4v) is 4.07. The van der Waals surface area contributed by atoms with Crippen LogP contribution in [-0.2, 0) is 11.3 Å². The molecule has 3 aromatic rings. The predicted octanol–water partition coefficient (Wildman–Crippen LogP) is 4.58. The third kappa shape index (κ3) is 4.83. The third-order valence-corrected chi connectivity index (χ3v) is 5.91. The van der Waals surface area contributed by atoms with Crippen LogP contribution in [0.5, 0.6) is 0 Å². The first-order chi connectivity index (χ1) is 15.9. The predicted molar refractivity (Wildman–Crippen MR) is 121 cm³/mol. The van der Waals surface area contributed by atoms with E-state index >= 15 is 0 Å². The van der Waals surface area contributed by atoms with Gasteiger partial charge in [0.2, 0.25) is 0 Å². The number of ether oxygens (including phenoxy) is 1. The smallest absolute Gasteiger partial charge is 0.337 e. The molecule has 1 atom stereocenters. The number of hydrogen-bond donors (Lipinski definition) is 1. The molecular weight excluding hydrogens is 449 g/mol. The highest BCUT2D eigenvalue weighted by molar-refractivity contribution is 6.30. The lowest BCUT2D eigenvalue weighted by Gasteiger charge is -2.25. The van der Waals surface area contributed by atoms with E-state index in [0.717, 1.165) is 23.9 Å². The fourth-order valence-electron chi connectivity index (χ4n) is 3.94. The van der Waals surface area contributed by atoms with Crippen molar-refractivity contribution >= 4 is 29.3 Å². The number of aryl methyl sites for hydroxylation is 1. The first-order valence-electron chi connectivity index (χ1n) is 10.5. The van der Waals surface area contributed by atoms with Gasteiger partial charge in [-0.3, -0.25) is 0 Å². The van der Waals surface area contributed by atoms with Gasteiger partial charge in [-0.25, -0.2) is 14.0 Å². The maximum absolute atomic E-state index is 14.3. The van der Waals surface area contributed by atoms with Gasteiger partial charge >= 0.3 is 12.0 Å². The van der Waals surface area contributed by atoms with Crippen molar-refractivity contribution in [1.82, 2.24) is 19.7 Å². The number of urea groups is 1. The van der Waals surface area contributed by atoms with Crippen LogP contribution in [0, 0.1) is 12.7 Å². The van der Waals surface area contributed by atoms with Crippen LogP contribution in [0.4, 0.5) is 14.9 Å². The molecule has 2 heterocycles. The summed E-state index contributed by atoms with van der Waals surface area (Å²) in [6.07, 6.45) is 1.48. The Morgan fingerprint density at radius 2 is 1.97 bits per heavy atom. The van der Waals surface area contributed by atoms with Crippen molar-refractivity contribution in [3.8, 4) is 0 Å². The summed E-state index contributed by atoms with van der Waals surface area (Å²) in [6.45, 7) is 2.88. The number of halogens is 2. The minimum Gasteiger partial charge on any atom is -0.465 e. The molecule has 1 N–H and O–H groups in total. The van der Waals surface area contributed by atoms with Crippen LogP contribution < -0.4 is 5.32 Å². The minimum absolute atomic E-state index is 0.0904. The zero-order chi connectivity index (χ0) is 23.5. The SMILES string of the molecule is COC(=O)c1ccc(F)c(NC(=O)N2CCC[C@@H]2c2nnc(C)n2Cc2ccc(Cl)cc2)c1. The molecule has 0 aliphatic carbocycles. The third-order valence-electron chi connectivity index (χ3n) is 5.66. The zero-order valence-corrected chi connectivity index (χ0v) is 19.0. The number of methoxy groups -OCH3 is 1. The summed E-state index contributed by atoms with van der Waals surface area (Å²) in [5.74, 6) is 0.131. The molecule has 0 bridgehead atoms. The Morgan fingerprint density at radius 1 is 1.21 bits per heavy atom. The molecule has 0 radical (unpaired) electrons. The lowest BCUT2D eigenvalue weighted by Crippen LogP contribution is -2.36. The average molecular weight is 472 g/mol. The van der Waals surface area contributed by atoms with Gasteiger partial charge in [-0.05, 0) is 55.7 Å². The van der Waals surface area contributed by atoms with Crippen LogP contribution >= 0.6 is 11.6 Å². The molecule has 2 amide bonds. The van der Waals surface area contributed by atoms with E-state index in [1.807, 2.05) is 35.8 Å². The molecule has 172 valence electrons. The summed E-state index contributed by atoms with van der Waals surface area (Å²) in [6, 6.07) is 10.4. The van der Waals surface area contributed by atoms with Gasteiger partial charge < -0.3 is 19.5 Å². The largest absolute Gasteiger partial charge is 0.465 e. The van der Waals surface area contributed by atoms with Gasteiger partial charge in [0.1, 0.15) is 11.6 Å². The first kappa shape index (κ1) is 22.7. The molecule has 0 unspecified atom stereocenters. The quantitative estimate of drug-likeness (QED) is 0.550. The number of nitrogens with one attached hydrogen (secondary N) is 1. The van der Waals surface area contributed by atoms with E-state index in [1.54, 1.807) is 4.90 Å². The van der Waals surface area contributed by atoms with E-state index in [-0.39, 0.29) is 17.3 Å². The van der Waals surface area contributed by atoms with Gasteiger partial charge in [-0.15, -0.1) is 10.2 Å². The molecule has 0 spiro atoms. The highest BCUT2D eigenvalue weighted by Crippen LogP contribution is 2.32. The number of aromatic nitrogens is 3. The molecule has 8 nitrogen and oxygen atoms in total. The zero-order valence-electron chi connectivity index (χ0n) is 18.2. The molecule has 2 aromatic carbocycles. The topological polar surface area (TPSA) is 89.3 Å². The molecule has 1 aliphatic heterocycles. The summed E-state index contributed by atoms with van der Waals surface area (Å²) < 4.78 is 21.0. The van der Waals surface area contributed by atoms with Crippen molar-refractivity contribution in [2.45, 2.75) is 32.4 Å². The molecular formula is C23H23ClFN5O3. The molecule has 1 aliphatic rings. The van der Waals surface area contributed by atoms with Crippen LogP contribution in [0.2, 0.25) is 5.02 Å². The number of nitrogens with zero attached hydrogens (tertiary/aromatic N) is 4. The lowest BCUT2D eigenvalue weighted by atomic mass is 10.2. The molecule has 10 heteroatoms. The number of hydrogen-bond acceptors (Lipinski definition) is 5. The summed E-state index contributed by atoms with van der Waals surface area (Å²) in [5, 5.41) is 11.8. The Bertz CT molecular complexity index is 1180. The second kappa shape index (κ2) is 9.58. The summed E-state index contributed by atoms with van der Waals surface area (Å²) >= 11 is 5.99. The van der Waals surface area contributed by atoms with Gasteiger partial charge in [0.15, 0.2) is 5.82 Å². The highest BCUT2D eigenvalue weighted by atomic mass is 35.5.